The van der Waals surface area contributed by atoms with E-state index in [1.54, 1.807) is 0 Å². The van der Waals surface area contributed by atoms with Crippen LogP contribution in [0, 0.1) is 17.8 Å². The summed E-state index contributed by atoms with van der Waals surface area (Å²) in [5, 5.41) is 3.73. The standard InChI is InChI=1S/C13H25N/c1-10-7-11(2)9-12(8-10)13-5-3-4-6-14-13/h10-14H,3-9H2,1-2H3. The highest BCUT2D eigenvalue weighted by Crippen LogP contribution is 2.36. The number of nitrogens with one attached hydrogen (secondary N) is 1. The van der Waals surface area contributed by atoms with Crippen molar-refractivity contribution in [1.29, 1.82) is 0 Å². The summed E-state index contributed by atoms with van der Waals surface area (Å²) in [6.45, 7) is 6.14. The van der Waals surface area contributed by atoms with Crippen molar-refractivity contribution in [3.05, 3.63) is 0 Å². The van der Waals surface area contributed by atoms with Crippen LogP contribution in [0.4, 0.5) is 0 Å². The molecule has 14 heavy (non-hydrogen) atoms. The van der Waals surface area contributed by atoms with Crippen LogP contribution in [0.25, 0.3) is 0 Å². The highest BCUT2D eigenvalue weighted by molar-refractivity contribution is 4.85. The molecule has 0 amide bonds. The van der Waals surface area contributed by atoms with E-state index in [4.69, 9.17) is 0 Å². The van der Waals surface area contributed by atoms with Crippen molar-refractivity contribution in [2.75, 3.05) is 6.54 Å². The third-order valence-corrected chi connectivity index (χ3v) is 4.13. The van der Waals surface area contributed by atoms with Crippen LogP contribution in [0.15, 0.2) is 0 Å². The van der Waals surface area contributed by atoms with E-state index in [-0.39, 0.29) is 0 Å². The number of piperidine rings is 1. The molecule has 1 aliphatic carbocycles. The van der Waals surface area contributed by atoms with E-state index in [1.807, 2.05) is 0 Å². The van der Waals surface area contributed by atoms with Gasteiger partial charge in [0.1, 0.15) is 0 Å². The van der Waals surface area contributed by atoms with E-state index in [0.29, 0.717) is 0 Å². The second-order valence-corrected chi connectivity index (χ2v) is 5.73. The molecule has 1 saturated carbocycles. The maximum atomic E-state index is 3.73. The Kier molecular flexibility index (Phi) is 3.48. The predicted molar refractivity (Wildman–Crippen MR) is 61.3 cm³/mol. The molecular formula is C13H25N. The zero-order valence-corrected chi connectivity index (χ0v) is 9.76. The van der Waals surface area contributed by atoms with Gasteiger partial charge in [-0.1, -0.05) is 20.3 Å². The molecular weight excluding hydrogens is 170 g/mol. The van der Waals surface area contributed by atoms with Crippen molar-refractivity contribution in [3.63, 3.8) is 0 Å². The summed E-state index contributed by atoms with van der Waals surface area (Å²) < 4.78 is 0. The summed E-state index contributed by atoms with van der Waals surface area (Å²) >= 11 is 0. The number of hydrogen-bond acceptors (Lipinski definition) is 1. The Morgan fingerprint density at radius 1 is 0.929 bits per heavy atom. The van der Waals surface area contributed by atoms with E-state index >= 15 is 0 Å². The molecule has 0 aromatic carbocycles. The summed E-state index contributed by atoms with van der Waals surface area (Å²) in [6.07, 6.45) is 8.70. The molecule has 0 spiro atoms. The van der Waals surface area contributed by atoms with Crippen molar-refractivity contribution in [1.82, 2.24) is 5.32 Å². The lowest BCUT2D eigenvalue weighted by Crippen LogP contribution is -2.42. The predicted octanol–water partition coefficient (Wildman–Crippen LogP) is 3.20. The van der Waals surface area contributed by atoms with Crippen molar-refractivity contribution in [2.45, 2.75) is 58.4 Å². The summed E-state index contributed by atoms with van der Waals surface area (Å²) in [6, 6.07) is 0.856. The molecule has 1 heterocycles. The molecule has 2 rings (SSSR count). The highest BCUT2D eigenvalue weighted by atomic mass is 14.9. The van der Waals surface area contributed by atoms with E-state index < -0.39 is 0 Å². The van der Waals surface area contributed by atoms with Crippen LogP contribution in [0.1, 0.15) is 52.4 Å². The van der Waals surface area contributed by atoms with E-state index in [1.165, 1.54) is 45.1 Å². The van der Waals surface area contributed by atoms with Gasteiger partial charge in [0.15, 0.2) is 0 Å². The van der Waals surface area contributed by atoms with Gasteiger partial charge in [0.2, 0.25) is 0 Å². The molecule has 1 aliphatic heterocycles. The first-order chi connectivity index (χ1) is 6.75. The summed E-state index contributed by atoms with van der Waals surface area (Å²) in [7, 11) is 0. The van der Waals surface area contributed by atoms with Crippen LogP contribution >= 0.6 is 0 Å². The molecule has 0 aromatic heterocycles. The van der Waals surface area contributed by atoms with Crippen molar-refractivity contribution < 1.29 is 0 Å². The van der Waals surface area contributed by atoms with Crippen LogP contribution < -0.4 is 5.32 Å². The molecule has 1 heteroatoms. The van der Waals surface area contributed by atoms with Gasteiger partial charge in [0.25, 0.3) is 0 Å². The van der Waals surface area contributed by atoms with Gasteiger partial charge in [0.05, 0.1) is 0 Å². The van der Waals surface area contributed by atoms with Crippen LogP contribution in [0.5, 0.6) is 0 Å². The molecule has 1 nitrogen and oxygen atoms in total. The second-order valence-electron chi connectivity index (χ2n) is 5.73. The summed E-state index contributed by atoms with van der Waals surface area (Å²) in [5.41, 5.74) is 0. The topological polar surface area (TPSA) is 12.0 Å². The summed E-state index contributed by atoms with van der Waals surface area (Å²) in [4.78, 5) is 0. The fraction of sp³-hybridized carbons (Fsp3) is 1.00. The molecule has 0 aromatic rings. The fourth-order valence-corrected chi connectivity index (χ4v) is 3.62. The Hall–Kier alpha value is -0.0400. The third-order valence-electron chi connectivity index (χ3n) is 4.13. The van der Waals surface area contributed by atoms with Gasteiger partial charge in [-0.15, -0.1) is 0 Å². The van der Waals surface area contributed by atoms with Gasteiger partial charge in [-0.2, -0.15) is 0 Å². The van der Waals surface area contributed by atoms with Crippen molar-refractivity contribution >= 4 is 0 Å². The quantitative estimate of drug-likeness (QED) is 0.677. The minimum atomic E-state index is 0.856. The molecule has 82 valence electrons. The normalized spacial score (nSPS) is 45.0. The Labute approximate surface area is 88.7 Å². The van der Waals surface area contributed by atoms with Crippen molar-refractivity contribution in [3.8, 4) is 0 Å². The number of rotatable bonds is 1. The lowest BCUT2D eigenvalue weighted by molar-refractivity contribution is 0.160. The van der Waals surface area contributed by atoms with Crippen molar-refractivity contribution in [2.24, 2.45) is 17.8 Å². The molecule has 3 atom stereocenters. The van der Waals surface area contributed by atoms with Crippen LogP contribution in [0.2, 0.25) is 0 Å². The average molecular weight is 195 g/mol. The van der Waals surface area contributed by atoms with Gasteiger partial charge in [-0.05, 0) is 56.4 Å². The maximum absolute atomic E-state index is 3.73. The monoisotopic (exact) mass is 195 g/mol. The van der Waals surface area contributed by atoms with Gasteiger partial charge in [0, 0.05) is 6.04 Å². The highest BCUT2D eigenvalue weighted by Gasteiger charge is 2.30. The Morgan fingerprint density at radius 3 is 2.21 bits per heavy atom. The Bertz CT molecular complexity index is 162. The molecule has 2 fully saturated rings. The SMILES string of the molecule is CC1CC(C)CC(C2CCCCN2)C1. The third kappa shape index (κ3) is 2.50. The van der Waals surface area contributed by atoms with Gasteiger partial charge < -0.3 is 5.32 Å². The zero-order valence-electron chi connectivity index (χ0n) is 9.76. The van der Waals surface area contributed by atoms with Crippen LogP contribution in [-0.4, -0.2) is 12.6 Å². The van der Waals surface area contributed by atoms with Crippen LogP contribution in [0.3, 0.4) is 0 Å². The largest absolute Gasteiger partial charge is 0.314 e. The molecule has 3 unspecified atom stereocenters. The number of hydrogen-bond donors (Lipinski definition) is 1. The zero-order chi connectivity index (χ0) is 9.97. The first-order valence-electron chi connectivity index (χ1n) is 6.49. The second kappa shape index (κ2) is 4.65. The first kappa shape index (κ1) is 10.5. The molecule has 2 aliphatic rings. The Balaban J connectivity index is 1.88. The lowest BCUT2D eigenvalue weighted by Gasteiger charge is -2.38. The van der Waals surface area contributed by atoms with Gasteiger partial charge in [-0.3, -0.25) is 0 Å². The minimum Gasteiger partial charge on any atom is -0.314 e. The maximum Gasteiger partial charge on any atom is 0.00955 e. The fourth-order valence-electron chi connectivity index (χ4n) is 3.62. The van der Waals surface area contributed by atoms with E-state index in [2.05, 4.69) is 19.2 Å². The summed E-state index contributed by atoms with van der Waals surface area (Å²) in [5.74, 6) is 2.91. The van der Waals surface area contributed by atoms with Crippen LogP contribution in [-0.2, 0) is 0 Å². The molecule has 0 radical (unpaired) electrons. The molecule has 1 N–H and O–H groups in total. The smallest absolute Gasteiger partial charge is 0.00955 e. The van der Waals surface area contributed by atoms with Gasteiger partial charge >= 0.3 is 0 Å². The lowest BCUT2D eigenvalue weighted by atomic mass is 9.72. The Morgan fingerprint density at radius 2 is 1.64 bits per heavy atom. The molecule has 1 saturated heterocycles. The van der Waals surface area contributed by atoms with Gasteiger partial charge in [-0.25, -0.2) is 0 Å². The van der Waals surface area contributed by atoms with E-state index in [0.717, 1.165) is 23.8 Å². The average Bonchev–Trinajstić information content (AvgIpc) is 2.18. The first-order valence-corrected chi connectivity index (χ1v) is 6.49. The molecule has 0 bridgehead atoms. The van der Waals surface area contributed by atoms with E-state index in [9.17, 15) is 0 Å². The minimum absolute atomic E-state index is 0.856.